The quantitative estimate of drug-likeness (QED) is 0.657. The second-order valence-electron chi connectivity index (χ2n) is 4.96. The molecule has 0 radical (unpaired) electrons. The first-order chi connectivity index (χ1) is 8.42. The van der Waals surface area contributed by atoms with Crippen LogP contribution < -0.4 is 5.32 Å². The van der Waals surface area contributed by atoms with Crippen LogP contribution in [0.5, 0.6) is 0 Å². The average Bonchev–Trinajstić information content (AvgIpc) is 2.32. The molecule has 0 heterocycles. The molecule has 0 rings (SSSR count). The Morgan fingerprint density at radius 2 is 1.89 bits per heavy atom. The maximum Gasteiger partial charge on any atom is 0.307 e. The standard InChI is InChI=1S/C13H26N2O3/c1-10(2)9-15(7-6-12(16)18-5)13(17)11(3)8-14-4/h10-11,14H,6-9H2,1-5H3. The summed E-state index contributed by atoms with van der Waals surface area (Å²) in [6.07, 6.45) is 0.251. The van der Waals surface area contributed by atoms with E-state index in [0.717, 1.165) is 0 Å². The van der Waals surface area contributed by atoms with Gasteiger partial charge in [-0.3, -0.25) is 9.59 Å². The smallest absolute Gasteiger partial charge is 0.307 e. The normalized spacial score (nSPS) is 12.3. The van der Waals surface area contributed by atoms with Gasteiger partial charge in [-0.15, -0.1) is 0 Å². The molecule has 0 aromatic rings. The molecule has 0 aliphatic rings. The van der Waals surface area contributed by atoms with Crippen molar-refractivity contribution in [3.63, 3.8) is 0 Å². The van der Waals surface area contributed by atoms with Crippen LogP contribution in [-0.4, -0.2) is 50.6 Å². The van der Waals surface area contributed by atoms with Gasteiger partial charge in [0.25, 0.3) is 0 Å². The van der Waals surface area contributed by atoms with E-state index in [2.05, 4.69) is 23.9 Å². The Hall–Kier alpha value is -1.10. The first-order valence-electron chi connectivity index (χ1n) is 6.42. The summed E-state index contributed by atoms with van der Waals surface area (Å²) < 4.78 is 4.60. The second-order valence-corrected chi connectivity index (χ2v) is 4.96. The molecule has 0 spiro atoms. The van der Waals surface area contributed by atoms with Gasteiger partial charge >= 0.3 is 5.97 Å². The largest absolute Gasteiger partial charge is 0.469 e. The van der Waals surface area contributed by atoms with Crippen molar-refractivity contribution >= 4 is 11.9 Å². The van der Waals surface area contributed by atoms with Crippen molar-refractivity contribution in [2.24, 2.45) is 11.8 Å². The maximum absolute atomic E-state index is 12.2. The number of carbonyl (C=O) groups is 2. The van der Waals surface area contributed by atoms with Crippen LogP contribution in [0.25, 0.3) is 0 Å². The maximum atomic E-state index is 12.2. The highest BCUT2D eigenvalue weighted by atomic mass is 16.5. The van der Waals surface area contributed by atoms with Crippen LogP contribution in [0.3, 0.4) is 0 Å². The van der Waals surface area contributed by atoms with Gasteiger partial charge in [-0.1, -0.05) is 20.8 Å². The molecule has 0 saturated heterocycles. The monoisotopic (exact) mass is 258 g/mol. The molecule has 0 bridgehead atoms. The highest BCUT2D eigenvalue weighted by Gasteiger charge is 2.21. The van der Waals surface area contributed by atoms with Crippen molar-refractivity contribution < 1.29 is 14.3 Å². The summed E-state index contributed by atoms with van der Waals surface area (Å²) in [5, 5.41) is 2.99. The van der Waals surface area contributed by atoms with E-state index in [-0.39, 0.29) is 24.2 Å². The first kappa shape index (κ1) is 16.9. The van der Waals surface area contributed by atoms with Crippen LogP contribution in [0.4, 0.5) is 0 Å². The number of ether oxygens (including phenoxy) is 1. The highest BCUT2D eigenvalue weighted by Crippen LogP contribution is 2.07. The van der Waals surface area contributed by atoms with Crippen molar-refractivity contribution in [1.82, 2.24) is 10.2 Å². The van der Waals surface area contributed by atoms with E-state index in [4.69, 9.17) is 0 Å². The molecule has 0 aliphatic carbocycles. The summed E-state index contributed by atoms with van der Waals surface area (Å²) in [6.45, 7) is 7.75. The lowest BCUT2D eigenvalue weighted by Crippen LogP contribution is -2.41. The topological polar surface area (TPSA) is 58.6 Å². The van der Waals surface area contributed by atoms with Crippen molar-refractivity contribution in [2.45, 2.75) is 27.2 Å². The number of hydrogen-bond acceptors (Lipinski definition) is 4. The Kier molecular flexibility index (Phi) is 8.37. The third-order valence-corrected chi connectivity index (χ3v) is 2.64. The number of nitrogens with one attached hydrogen (secondary N) is 1. The molecule has 0 aromatic heterocycles. The van der Waals surface area contributed by atoms with Gasteiger partial charge in [0.15, 0.2) is 0 Å². The van der Waals surface area contributed by atoms with E-state index in [9.17, 15) is 9.59 Å². The summed E-state index contributed by atoms with van der Waals surface area (Å²) in [4.78, 5) is 25.1. The second kappa shape index (κ2) is 8.91. The Balaban J connectivity index is 4.46. The zero-order chi connectivity index (χ0) is 14.1. The number of esters is 1. The van der Waals surface area contributed by atoms with Crippen molar-refractivity contribution in [1.29, 1.82) is 0 Å². The number of carbonyl (C=O) groups excluding carboxylic acids is 2. The number of nitrogens with zero attached hydrogens (tertiary/aromatic N) is 1. The fourth-order valence-corrected chi connectivity index (χ4v) is 1.77. The van der Waals surface area contributed by atoms with E-state index < -0.39 is 0 Å². The molecule has 5 heteroatoms. The van der Waals surface area contributed by atoms with E-state index in [0.29, 0.717) is 25.6 Å². The Morgan fingerprint density at radius 3 is 2.33 bits per heavy atom. The van der Waals surface area contributed by atoms with Gasteiger partial charge in [-0.2, -0.15) is 0 Å². The zero-order valence-corrected chi connectivity index (χ0v) is 12.2. The van der Waals surface area contributed by atoms with E-state index in [1.54, 1.807) is 4.90 Å². The molecule has 0 aromatic carbocycles. The lowest BCUT2D eigenvalue weighted by atomic mass is 10.1. The van der Waals surface area contributed by atoms with E-state index in [1.165, 1.54) is 7.11 Å². The summed E-state index contributed by atoms with van der Waals surface area (Å²) in [5.41, 5.74) is 0. The molecule has 0 aliphatic heterocycles. The van der Waals surface area contributed by atoms with Crippen LogP contribution in [0.2, 0.25) is 0 Å². The van der Waals surface area contributed by atoms with Crippen LogP contribution in [0, 0.1) is 11.8 Å². The number of rotatable bonds is 8. The summed E-state index contributed by atoms with van der Waals surface area (Å²) >= 11 is 0. The third kappa shape index (κ3) is 6.59. The average molecular weight is 258 g/mol. The van der Waals surface area contributed by atoms with Crippen LogP contribution >= 0.6 is 0 Å². The van der Waals surface area contributed by atoms with E-state index in [1.807, 2.05) is 14.0 Å². The molecule has 1 unspecified atom stereocenters. The van der Waals surface area contributed by atoms with E-state index >= 15 is 0 Å². The molecule has 1 amide bonds. The lowest BCUT2D eigenvalue weighted by molar-refractivity contribution is -0.142. The number of hydrogen-bond donors (Lipinski definition) is 1. The fourth-order valence-electron chi connectivity index (χ4n) is 1.77. The van der Waals surface area contributed by atoms with Crippen LogP contribution in [0.1, 0.15) is 27.2 Å². The Labute approximate surface area is 110 Å². The number of methoxy groups -OCH3 is 1. The molecule has 0 fully saturated rings. The lowest BCUT2D eigenvalue weighted by Gasteiger charge is -2.27. The first-order valence-corrected chi connectivity index (χ1v) is 6.42. The Bertz CT molecular complexity index is 267. The molecule has 5 nitrogen and oxygen atoms in total. The van der Waals surface area contributed by atoms with Gasteiger partial charge in [0, 0.05) is 25.6 Å². The molecule has 1 atom stereocenters. The summed E-state index contributed by atoms with van der Waals surface area (Å²) in [7, 11) is 3.19. The minimum Gasteiger partial charge on any atom is -0.469 e. The van der Waals surface area contributed by atoms with Crippen molar-refractivity contribution in [3.8, 4) is 0 Å². The minimum absolute atomic E-state index is 0.0774. The fraction of sp³-hybridized carbons (Fsp3) is 0.846. The van der Waals surface area contributed by atoms with Crippen molar-refractivity contribution in [3.05, 3.63) is 0 Å². The zero-order valence-electron chi connectivity index (χ0n) is 12.2. The minimum atomic E-state index is -0.280. The van der Waals surface area contributed by atoms with Gasteiger partial charge < -0.3 is 15.0 Å². The molecular weight excluding hydrogens is 232 g/mol. The van der Waals surface area contributed by atoms with Crippen molar-refractivity contribution in [2.75, 3.05) is 33.8 Å². The third-order valence-electron chi connectivity index (χ3n) is 2.64. The van der Waals surface area contributed by atoms with Crippen LogP contribution in [0.15, 0.2) is 0 Å². The predicted molar refractivity (Wildman–Crippen MR) is 71.1 cm³/mol. The SMILES string of the molecule is CNCC(C)C(=O)N(CCC(=O)OC)CC(C)C. The summed E-state index contributed by atoms with van der Waals surface area (Å²) in [5.74, 6) is 0.111. The van der Waals surface area contributed by atoms with Gasteiger partial charge in [-0.05, 0) is 13.0 Å². The van der Waals surface area contributed by atoms with Gasteiger partial charge in [0.05, 0.1) is 13.5 Å². The molecule has 106 valence electrons. The van der Waals surface area contributed by atoms with Gasteiger partial charge in [0.1, 0.15) is 0 Å². The number of amides is 1. The highest BCUT2D eigenvalue weighted by molar-refractivity contribution is 5.79. The van der Waals surface area contributed by atoms with Gasteiger partial charge in [-0.25, -0.2) is 0 Å². The molecule has 18 heavy (non-hydrogen) atoms. The molecule has 1 N–H and O–H groups in total. The molecule has 0 saturated carbocycles. The van der Waals surface area contributed by atoms with Gasteiger partial charge in [0.2, 0.25) is 5.91 Å². The molecular formula is C13H26N2O3. The Morgan fingerprint density at radius 1 is 1.28 bits per heavy atom. The predicted octanol–water partition coefficient (Wildman–Crippen LogP) is 0.890. The summed E-state index contributed by atoms with van der Waals surface area (Å²) in [6, 6.07) is 0. The van der Waals surface area contributed by atoms with Crippen LogP contribution in [-0.2, 0) is 14.3 Å².